The highest BCUT2D eigenvalue weighted by Crippen LogP contribution is 2.17. The molecule has 1 atom stereocenters. The van der Waals surface area contributed by atoms with E-state index in [9.17, 15) is 14.4 Å². The summed E-state index contributed by atoms with van der Waals surface area (Å²) in [6.07, 6.45) is 1.26. The van der Waals surface area contributed by atoms with Crippen molar-refractivity contribution in [2.45, 2.75) is 38.9 Å². The molecule has 1 aliphatic rings. The van der Waals surface area contributed by atoms with E-state index >= 15 is 0 Å². The van der Waals surface area contributed by atoms with Crippen LogP contribution in [0.2, 0.25) is 0 Å². The van der Waals surface area contributed by atoms with Crippen LogP contribution in [0.25, 0.3) is 0 Å². The molecular formula is C23H27N3O5. The smallest absolute Gasteiger partial charge is 0.253 e. The van der Waals surface area contributed by atoms with Crippen LogP contribution in [0.4, 0.5) is 11.4 Å². The molecular weight excluding hydrogens is 398 g/mol. The monoisotopic (exact) mass is 425 g/mol. The number of carbonyl (C=O) groups excluding carboxylic acids is 3. The van der Waals surface area contributed by atoms with Crippen LogP contribution < -0.4 is 20.7 Å². The van der Waals surface area contributed by atoms with E-state index in [2.05, 4.69) is 16.0 Å². The summed E-state index contributed by atoms with van der Waals surface area (Å²) in [5, 5.41) is 8.08. The van der Waals surface area contributed by atoms with Crippen molar-refractivity contribution in [3.8, 4) is 5.75 Å². The number of anilines is 2. The number of benzene rings is 2. The molecule has 31 heavy (non-hydrogen) atoms. The van der Waals surface area contributed by atoms with Crippen LogP contribution in [-0.2, 0) is 14.3 Å². The van der Waals surface area contributed by atoms with Gasteiger partial charge in [-0.05, 0) is 75.2 Å². The van der Waals surface area contributed by atoms with E-state index in [1.165, 1.54) is 0 Å². The standard InChI is InChI=1S/C23H27N3O5/c1-15(2)31-19-11-5-16(6-12-19)22(28)24-14-21(27)25-17-7-9-18(10-8-17)26-23(29)20-4-3-13-30-20/h5-12,15,20H,3-4,13-14H2,1-2H3,(H,24,28)(H,25,27)(H,26,29)/t20-/m1/s1. The zero-order valence-electron chi connectivity index (χ0n) is 17.6. The maximum absolute atomic E-state index is 12.2. The zero-order chi connectivity index (χ0) is 22.2. The lowest BCUT2D eigenvalue weighted by Gasteiger charge is -2.12. The Morgan fingerprint density at radius 2 is 1.65 bits per heavy atom. The van der Waals surface area contributed by atoms with Gasteiger partial charge in [0.1, 0.15) is 11.9 Å². The summed E-state index contributed by atoms with van der Waals surface area (Å²) in [5.74, 6) is -0.191. The highest BCUT2D eigenvalue weighted by Gasteiger charge is 2.23. The van der Waals surface area contributed by atoms with Crippen molar-refractivity contribution in [3.05, 3.63) is 54.1 Å². The van der Waals surface area contributed by atoms with Crippen LogP contribution >= 0.6 is 0 Å². The fourth-order valence-corrected chi connectivity index (χ4v) is 3.07. The average molecular weight is 425 g/mol. The summed E-state index contributed by atoms with van der Waals surface area (Å²) in [6, 6.07) is 13.5. The number of hydrogen-bond donors (Lipinski definition) is 3. The largest absolute Gasteiger partial charge is 0.491 e. The molecule has 0 aliphatic carbocycles. The Balaban J connectivity index is 1.43. The Hall–Kier alpha value is -3.39. The number of nitrogens with one attached hydrogen (secondary N) is 3. The number of rotatable bonds is 8. The third kappa shape index (κ3) is 6.82. The highest BCUT2D eigenvalue weighted by molar-refractivity contribution is 5.99. The van der Waals surface area contributed by atoms with Gasteiger partial charge in [-0.2, -0.15) is 0 Å². The topological polar surface area (TPSA) is 106 Å². The molecule has 1 aliphatic heterocycles. The molecule has 3 N–H and O–H groups in total. The first-order chi connectivity index (χ1) is 14.9. The fraction of sp³-hybridized carbons (Fsp3) is 0.348. The molecule has 1 heterocycles. The maximum atomic E-state index is 12.2. The first-order valence-corrected chi connectivity index (χ1v) is 10.3. The lowest BCUT2D eigenvalue weighted by atomic mass is 10.2. The number of amides is 3. The lowest BCUT2D eigenvalue weighted by Crippen LogP contribution is -2.32. The summed E-state index contributed by atoms with van der Waals surface area (Å²) in [7, 11) is 0. The molecule has 0 unspecified atom stereocenters. The summed E-state index contributed by atoms with van der Waals surface area (Å²) in [6.45, 7) is 4.29. The van der Waals surface area contributed by atoms with Gasteiger partial charge in [-0.1, -0.05) is 0 Å². The molecule has 3 rings (SSSR count). The van der Waals surface area contributed by atoms with Gasteiger partial charge >= 0.3 is 0 Å². The Labute approximate surface area is 181 Å². The minimum Gasteiger partial charge on any atom is -0.491 e. The molecule has 1 fully saturated rings. The molecule has 0 radical (unpaired) electrons. The second-order valence-electron chi connectivity index (χ2n) is 7.49. The van der Waals surface area contributed by atoms with Gasteiger partial charge in [-0.15, -0.1) is 0 Å². The third-order valence-electron chi connectivity index (χ3n) is 4.56. The van der Waals surface area contributed by atoms with E-state index in [1.54, 1.807) is 48.5 Å². The number of ether oxygens (including phenoxy) is 2. The Morgan fingerprint density at radius 1 is 1.00 bits per heavy atom. The zero-order valence-corrected chi connectivity index (χ0v) is 17.6. The van der Waals surface area contributed by atoms with Crippen LogP contribution in [-0.4, -0.2) is 43.1 Å². The Bertz CT molecular complexity index is 904. The molecule has 3 amide bonds. The van der Waals surface area contributed by atoms with Crippen molar-refractivity contribution in [1.29, 1.82) is 0 Å². The second-order valence-corrected chi connectivity index (χ2v) is 7.49. The predicted molar refractivity (Wildman–Crippen MR) is 117 cm³/mol. The average Bonchev–Trinajstić information content (AvgIpc) is 3.29. The molecule has 2 aromatic rings. The van der Waals surface area contributed by atoms with Crippen LogP contribution in [0.1, 0.15) is 37.0 Å². The Morgan fingerprint density at radius 3 is 2.23 bits per heavy atom. The van der Waals surface area contributed by atoms with Gasteiger partial charge in [0, 0.05) is 23.5 Å². The maximum Gasteiger partial charge on any atom is 0.253 e. The van der Waals surface area contributed by atoms with Gasteiger partial charge < -0.3 is 25.4 Å². The summed E-state index contributed by atoms with van der Waals surface area (Å²) >= 11 is 0. The molecule has 0 aromatic heterocycles. The predicted octanol–water partition coefficient (Wildman–Crippen LogP) is 2.96. The first-order valence-electron chi connectivity index (χ1n) is 10.3. The van der Waals surface area contributed by atoms with Crippen LogP contribution in [0.3, 0.4) is 0 Å². The van der Waals surface area contributed by atoms with Crippen molar-refractivity contribution < 1.29 is 23.9 Å². The molecule has 8 heteroatoms. The van der Waals surface area contributed by atoms with Crippen LogP contribution in [0.15, 0.2) is 48.5 Å². The van der Waals surface area contributed by atoms with Crippen LogP contribution in [0.5, 0.6) is 5.75 Å². The fourth-order valence-electron chi connectivity index (χ4n) is 3.07. The summed E-state index contributed by atoms with van der Waals surface area (Å²) in [5.41, 5.74) is 1.62. The molecule has 164 valence electrons. The SMILES string of the molecule is CC(C)Oc1ccc(C(=O)NCC(=O)Nc2ccc(NC(=O)[C@H]3CCCO3)cc2)cc1. The van der Waals surface area contributed by atoms with Crippen molar-refractivity contribution >= 4 is 29.1 Å². The van der Waals surface area contributed by atoms with Crippen molar-refractivity contribution in [2.75, 3.05) is 23.8 Å². The number of carbonyl (C=O) groups is 3. The van der Waals surface area contributed by atoms with Crippen molar-refractivity contribution in [3.63, 3.8) is 0 Å². The quantitative estimate of drug-likeness (QED) is 0.603. The minimum atomic E-state index is -0.401. The highest BCUT2D eigenvalue weighted by atomic mass is 16.5. The first kappa shape index (κ1) is 22.3. The van der Waals surface area contributed by atoms with E-state index in [0.29, 0.717) is 29.3 Å². The number of hydrogen-bond acceptors (Lipinski definition) is 5. The summed E-state index contributed by atoms with van der Waals surface area (Å²) < 4.78 is 10.9. The lowest BCUT2D eigenvalue weighted by molar-refractivity contribution is -0.124. The van der Waals surface area contributed by atoms with Gasteiger partial charge in [-0.25, -0.2) is 0 Å². The van der Waals surface area contributed by atoms with Gasteiger partial charge in [-0.3, -0.25) is 14.4 Å². The van der Waals surface area contributed by atoms with Crippen LogP contribution in [0, 0.1) is 0 Å². The summed E-state index contributed by atoms with van der Waals surface area (Å²) in [4.78, 5) is 36.4. The molecule has 0 saturated carbocycles. The van der Waals surface area contributed by atoms with Crippen molar-refractivity contribution in [1.82, 2.24) is 5.32 Å². The van der Waals surface area contributed by atoms with Gasteiger partial charge in [0.15, 0.2) is 0 Å². The van der Waals surface area contributed by atoms with Crippen molar-refractivity contribution in [2.24, 2.45) is 0 Å². The second kappa shape index (κ2) is 10.6. The minimum absolute atomic E-state index is 0.0509. The van der Waals surface area contributed by atoms with E-state index < -0.39 is 6.10 Å². The molecule has 2 aromatic carbocycles. The molecule has 1 saturated heterocycles. The molecule has 8 nitrogen and oxygen atoms in total. The Kier molecular flexibility index (Phi) is 7.61. The van der Waals surface area contributed by atoms with Gasteiger partial charge in [0.25, 0.3) is 11.8 Å². The van der Waals surface area contributed by atoms with Gasteiger partial charge in [0.05, 0.1) is 12.6 Å². The van der Waals surface area contributed by atoms with E-state index in [-0.39, 0.29) is 30.4 Å². The third-order valence-corrected chi connectivity index (χ3v) is 4.56. The molecule has 0 spiro atoms. The normalized spacial score (nSPS) is 15.4. The van der Waals surface area contributed by atoms with E-state index in [4.69, 9.17) is 9.47 Å². The van der Waals surface area contributed by atoms with E-state index in [0.717, 1.165) is 12.8 Å². The van der Waals surface area contributed by atoms with Gasteiger partial charge in [0.2, 0.25) is 5.91 Å². The molecule has 0 bridgehead atoms. The van der Waals surface area contributed by atoms with E-state index in [1.807, 2.05) is 13.8 Å².